The first-order valence-electron chi connectivity index (χ1n) is 8.56. The minimum absolute atomic E-state index is 0.0507. The van der Waals surface area contributed by atoms with E-state index in [1.165, 1.54) is 10.7 Å². The van der Waals surface area contributed by atoms with Crippen LogP contribution in [0.3, 0.4) is 0 Å². The number of nitrogens with zero attached hydrogens (tertiary/aromatic N) is 3. The zero-order valence-electron chi connectivity index (χ0n) is 14.3. The van der Waals surface area contributed by atoms with E-state index in [2.05, 4.69) is 5.10 Å². The SMILES string of the molecule is Cc1ccc(-c2ccc(=O)n(CC(=O)N3CCC(CF)CC3)n2)cc1. The molecule has 0 bridgehead atoms. The molecule has 5 nitrogen and oxygen atoms in total. The van der Waals surface area contributed by atoms with Gasteiger partial charge in [0.2, 0.25) is 5.91 Å². The van der Waals surface area contributed by atoms with E-state index in [9.17, 15) is 14.0 Å². The summed E-state index contributed by atoms with van der Waals surface area (Å²) in [6, 6.07) is 10.9. The standard InChI is InChI=1S/C19H22FN3O2/c1-14-2-4-16(5-3-14)17-6-7-18(24)23(21-17)13-19(25)22-10-8-15(12-20)9-11-22/h2-7,15H,8-13H2,1H3. The Hall–Kier alpha value is -2.50. The maximum absolute atomic E-state index is 12.7. The minimum Gasteiger partial charge on any atom is -0.341 e. The summed E-state index contributed by atoms with van der Waals surface area (Å²) in [4.78, 5) is 26.2. The second-order valence-electron chi connectivity index (χ2n) is 6.56. The molecule has 1 saturated heterocycles. The molecule has 1 aromatic heterocycles. The van der Waals surface area contributed by atoms with Gasteiger partial charge in [0.05, 0.1) is 12.4 Å². The van der Waals surface area contributed by atoms with Gasteiger partial charge in [-0.1, -0.05) is 29.8 Å². The average Bonchev–Trinajstić information content (AvgIpc) is 2.64. The number of amides is 1. The molecule has 1 aromatic carbocycles. The van der Waals surface area contributed by atoms with Crippen molar-refractivity contribution in [2.45, 2.75) is 26.3 Å². The van der Waals surface area contributed by atoms with Crippen molar-refractivity contribution in [3.63, 3.8) is 0 Å². The van der Waals surface area contributed by atoms with Crippen LogP contribution in [-0.2, 0) is 11.3 Å². The van der Waals surface area contributed by atoms with E-state index < -0.39 is 0 Å². The van der Waals surface area contributed by atoms with Gasteiger partial charge in [-0.2, -0.15) is 5.10 Å². The Morgan fingerprint density at radius 1 is 1.16 bits per heavy atom. The van der Waals surface area contributed by atoms with E-state index in [0.29, 0.717) is 31.6 Å². The average molecular weight is 343 g/mol. The molecule has 0 saturated carbocycles. The van der Waals surface area contributed by atoms with Crippen LogP contribution in [-0.4, -0.2) is 40.4 Å². The zero-order valence-corrected chi connectivity index (χ0v) is 14.3. The molecule has 0 N–H and O–H groups in total. The van der Waals surface area contributed by atoms with Crippen molar-refractivity contribution >= 4 is 5.91 Å². The monoisotopic (exact) mass is 343 g/mol. The summed E-state index contributed by atoms with van der Waals surface area (Å²) in [5, 5.41) is 4.33. The van der Waals surface area contributed by atoms with E-state index in [4.69, 9.17) is 0 Å². The van der Waals surface area contributed by atoms with E-state index in [-0.39, 0.29) is 30.6 Å². The normalized spacial score (nSPS) is 15.4. The quantitative estimate of drug-likeness (QED) is 0.857. The Morgan fingerprint density at radius 2 is 1.84 bits per heavy atom. The predicted octanol–water partition coefficient (Wildman–Crippen LogP) is 2.43. The van der Waals surface area contributed by atoms with Crippen molar-refractivity contribution in [3.8, 4) is 11.3 Å². The van der Waals surface area contributed by atoms with Crippen molar-refractivity contribution in [1.29, 1.82) is 0 Å². The molecule has 0 atom stereocenters. The summed E-state index contributed by atoms with van der Waals surface area (Å²) in [6.45, 7) is 2.67. The third kappa shape index (κ3) is 4.13. The molecule has 0 spiro atoms. The van der Waals surface area contributed by atoms with Crippen molar-refractivity contribution in [2.75, 3.05) is 19.8 Å². The molecule has 1 amide bonds. The van der Waals surface area contributed by atoms with Gasteiger partial charge in [0, 0.05) is 24.7 Å². The number of alkyl halides is 1. The number of halogens is 1. The Kier molecular flexibility index (Phi) is 5.26. The summed E-state index contributed by atoms with van der Waals surface area (Å²) in [5.74, 6) is -0.0947. The summed E-state index contributed by atoms with van der Waals surface area (Å²) >= 11 is 0. The third-order valence-corrected chi connectivity index (χ3v) is 4.68. The van der Waals surface area contributed by atoms with Crippen molar-refractivity contribution in [3.05, 3.63) is 52.3 Å². The number of rotatable bonds is 4. The molecular formula is C19H22FN3O2. The number of likely N-dealkylation sites (tertiary alicyclic amines) is 1. The fourth-order valence-corrected chi connectivity index (χ4v) is 3.01. The van der Waals surface area contributed by atoms with Gasteiger partial charge in [-0.15, -0.1) is 0 Å². The first-order valence-corrected chi connectivity index (χ1v) is 8.56. The summed E-state index contributed by atoms with van der Waals surface area (Å²) in [7, 11) is 0. The Labute approximate surface area is 146 Å². The smallest absolute Gasteiger partial charge is 0.267 e. The highest BCUT2D eigenvalue weighted by Crippen LogP contribution is 2.18. The van der Waals surface area contributed by atoms with Crippen LogP contribution in [0.4, 0.5) is 4.39 Å². The molecule has 2 heterocycles. The van der Waals surface area contributed by atoms with Crippen molar-refractivity contribution in [2.24, 2.45) is 5.92 Å². The van der Waals surface area contributed by atoms with Gasteiger partial charge < -0.3 is 4.90 Å². The van der Waals surface area contributed by atoms with E-state index in [1.54, 1.807) is 11.0 Å². The van der Waals surface area contributed by atoms with Crippen LogP contribution >= 0.6 is 0 Å². The number of piperidine rings is 1. The Morgan fingerprint density at radius 3 is 2.48 bits per heavy atom. The molecule has 2 aromatic rings. The van der Waals surface area contributed by atoms with Crippen LogP contribution in [0.5, 0.6) is 0 Å². The molecule has 25 heavy (non-hydrogen) atoms. The number of hydrogen-bond acceptors (Lipinski definition) is 3. The molecule has 132 valence electrons. The predicted molar refractivity (Wildman–Crippen MR) is 93.9 cm³/mol. The lowest BCUT2D eigenvalue weighted by Gasteiger charge is -2.30. The van der Waals surface area contributed by atoms with E-state index in [1.807, 2.05) is 31.2 Å². The molecular weight excluding hydrogens is 321 g/mol. The summed E-state index contributed by atoms with van der Waals surface area (Å²) in [6.07, 6.45) is 1.35. The molecule has 1 aliphatic rings. The van der Waals surface area contributed by atoms with Crippen LogP contribution in [0.2, 0.25) is 0 Å². The number of carbonyl (C=O) groups is 1. The molecule has 1 fully saturated rings. The number of aryl methyl sites for hydroxylation is 1. The van der Waals surface area contributed by atoms with Crippen LogP contribution < -0.4 is 5.56 Å². The van der Waals surface area contributed by atoms with Crippen LogP contribution in [0, 0.1) is 12.8 Å². The second-order valence-corrected chi connectivity index (χ2v) is 6.56. The first kappa shape index (κ1) is 17.3. The van der Waals surface area contributed by atoms with Gasteiger partial charge >= 0.3 is 0 Å². The second kappa shape index (κ2) is 7.59. The maximum atomic E-state index is 12.7. The van der Waals surface area contributed by atoms with Gasteiger partial charge in [0.15, 0.2) is 0 Å². The summed E-state index contributed by atoms with van der Waals surface area (Å²) in [5.41, 5.74) is 2.39. The lowest BCUT2D eigenvalue weighted by atomic mass is 9.98. The highest BCUT2D eigenvalue weighted by atomic mass is 19.1. The van der Waals surface area contributed by atoms with Crippen LogP contribution in [0.1, 0.15) is 18.4 Å². The van der Waals surface area contributed by atoms with Gasteiger partial charge in [0.25, 0.3) is 5.56 Å². The third-order valence-electron chi connectivity index (χ3n) is 4.68. The Balaban J connectivity index is 1.74. The number of carbonyl (C=O) groups excluding carboxylic acids is 1. The highest BCUT2D eigenvalue weighted by molar-refractivity contribution is 5.76. The number of hydrogen-bond donors (Lipinski definition) is 0. The molecule has 0 unspecified atom stereocenters. The minimum atomic E-state index is -0.332. The van der Waals surface area contributed by atoms with Crippen LogP contribution in [0.15, 0.2) is 41.2 Å². The summed E-state index contributed by atoms with van der Waals surface area (Å²) < 4.78 is 13.9. The molecule has 1 aliphatic heterocycles. The topological polar surface area (TPSA) is 55.2 Å². The van der Waals surface area contributed by atoms with E-state index in [0.717, 1.165) is 11.1 Å². The number of aromatic nitrogens is 2. The highest BCUT2D eigenvalue weighted by Gasteiger charge is 2.23. The largest absolute Gasteiger partial charge is 0.341 e. The first-order chi connectivity index (χ1) is 12.1. The Bertz CT molecular complexity index is 793. The lowest BCUT2D eigenvalue weighted by molar-refractivity contribution is -0.133. The fraction of sp³-hybridized carbons (Fsp3) is 0.421. The van der Waals surface area contributed by atoms with Gasteiger partial charge in [-0.3, -0.25) is 14.0 Å². The van der Waals surface area contributed by atoms with Crippen LogP contribution in [0.25, 0.3) is 11.3 Å². The molecule has 0 aliphatic carbocycles. The van der Waals surface area contributed by atoms with E-state index >= 15 is 0 Å². The lowest BCUT2D eigenvalue weighted by Crippen LogP contribution is -2.42. The fourth-order valence-electron chi connectivity index (χ4n) is 3.01. The zero-order chi connectivity index (χ0) is 17.8. The van der Waals surface area contributed by atoms with Gasteiger partial charge in [0.1, 0.15) is 6.54 Å². The molecule has 6 heteroatoms. The number of benzene rings is 1. The van der Waals surface area contributed by atoms with Crippen molar-refractivity contribution in [1.82, 2.24) is 14.7 Å². The van der Waals surface area contributed by atoms with Crippen molar-refractivity contribution < 1.29 is 9.18 Å². The van der Waals surface area contributed by atoms with Gasteiger partial charge in [-0.05, 0) is 31.7 Å². The molecule has 0 radical (unpaired) electrons. The molecule has 3 rings (SSSR count). The maximum Gasteiger partial charge on any atom is 0.267 e. The van der Waals surface area contributed by atoms with Gasteiger partial charge in [-0.25, -0.2) is 4.68 Å².